The second-order valence-electron chi connectivity index (χ2n) is 6.98. The summed E-state index contributed by atoms with van der Waals surface area (Å²) in [5, 5.41) is 3.93. The highest BCUT2D eigenvalue weighted by Crippen LogP contribution is 2.30. The number of nitrogens with zero attached hydrogens (tertiary/aromatic N) is 2. The van der Waals surface area contributed by atoms with Crippen molar-refractivity contribution in [3.8, 4) is 0 Å². The third-order valence-corrected chi connectivity index (χ3v) is 5.37. The van der Waals surface area contributed by atoms with Crippen molar-refractivity contribution in [3.63, 3.8) is 0 Å². The van der Waals surface area contributed by atoms with E-state index in [1.807, 2.05) is 0 Å². The lowest BCUT2D eigenvalue weighted by molar-refractivity contribution is 0.304. The van der Waals surface area contributed by atoms with Crippen LogP contribution < -0.4 is 10.2 Å². The van der Waals surface area contributed by atoms with Crippen LogP contribution in [-0.4, -0.2) is 49.2 Å². The normalized spacial score (nSPS) is 28.2. The Bertz CT molecular complexity index is 449. The summed E-state index contributed by atoms with van der Waals surface area (Å²) in [7, 11) is 0. The van der Waals surface area contributed by atoms with E-state index in [2.05, 4.69) is 45.4 Å². The molecule has 1 saturated carbocycles. The van der Waals surface area contributed by atoms with E-state index in [1.54, 1.807) is 0 Å². The number of rotatable bonds is 4. The molecule has 2 aliphatic heterocycles. The lowest BCUT2D eigenvalue weighted by atomic mass is 10.0. The fourth-order valence-electron chi connectivity index (χ4n) is 3.97. The summed E-state index contributed by atoms with van der Waals surface area (Å²) in [5.74, 6) is 0. The maximum atomic E-state index is 3.93. The van der Waals surface area contributed by atoms with Crippen LogP contribution in [0.3, 0.4) is 0 Å². The van der Waals surface area contributed by atoms with Crippen molar-refractivity contribution >= 4 is 5.69 Å². The molecule has 1 aromatic carbocycles. The third kappa shape index (κ3) is 3.24. The molecular formula is C18H27N3. The number of hydrogen-bond acceptors (Lipinski definition) is 3. The molecule has 1 N–H and O–H groups in total. The average molecular weight is 285 g/mol. The Morgan fingerprint density at radius 2 is 1.52 bits per heavy atom. The summed E-state index contributed by atoms with van der Waals surface area (Å²) in [4.78, 5) is 5.24. The molecular weight excluding hydrogens is 258 g/mol. The first-order valence-corrected chi connectivity index (χ1v) is 8.68. The first-order valence-electron chi connectivity index (χ1n) is 8.68. The molecule has 0 spiro atoms. The first kappa shape index (κ1) is 13.6. The quantitative estimate of drug-likeness (QED) is 0.917. The van der Waals surface area contributed by atoms with E-state index in [9.17, 15) is 0 Å². The van der Waals surface area contributed by atoms with Crippen LogP contribution in [0.2, 0.25) is 0 Å². The summed E-state index contributed by atoms with van der Waals surface area (Å²) < 4.78 is 0. The molecule has 1 aromatic rings. The fraction of sp³-hybridized carbons (Fsp3) is 0.667. The largest absolute Gasteiger partial charge is 0.371 e. The minimum atomic E-state index is 0.731. The lowest BCUT2D eigenvalue weighted by Crippen LogP contribution is -2.47. The fourth-order valence-corrected chi connectivity index (χ4v) is 3.97. The molecule has 114 valence electrons. The van der Waals surface area contributed by atoms with Crippen LogP contribution in [0.15, 0.2) is 30.3 Å². The highest BCUT2D eigenvalue weighted by atomic mass is 15.2. The van der Waals surface area contributed by atoms with Crippen LogP contribution in [0.5, 0.6) is 0 Å². The molecule has 0 radical (unpaired) electrons. The molecule has 3 aliphatic rings. The Kier molecular flexibility index (Phi) is 3.87. The molecule has 21 heavy (non-hydrogen) atoms. The van der Waals surface area contributed by atoms with Gasteiger partial charge in [0.2, 0.25) is 0 Å². The van der Waals surface area contributed by atoms with E-state index < -0.39 is 0 Å². The Balaban J connectivity index is 1.24. The van der Waals surface area contributed by atoms with Gasteiger partial charge in [0.25, 0.3) is 0 Å². The lowest BCUT2D eigenvalue weighted by Gasteiger charge is -2.35. The van der Waals surface area contributed by atoms with Crippen molar-refractivity contribution < 1.29 is 0 Å². The van der Waals surface area contributed by atoms with Crippen molar-refractivity contribution in [2.75, 3.05) is 31.1 Å². The van der Waals surface area contributed by atoms with E-state index in [0.717, 1.165) is 18.1 Å². The third-order valence-electron chi connectivity index (χ3n) is 5.37. The second kappa shape index (κ2) is 5.98. The van der Waals surface area contributed by atoms with Gasteiger partial charge in [-0.15, -0.1) is 0 Å². The SMILES string of the molecule is c1ccc(N2CCC(NC3CCN(C4CC4)C3)CC2)cc1. The van der Waals surface area contributed by atoms with E-state index in [4.69, 9.17) is 0 Å². The molecule has 4 rings (SSSR count). The first-order chi connectivity index (χ1) is 10.4. The van der Waals surface area contributed by atoms with Gasteiger partial charge in [0.1, 0.15) is 0 Å². The molecule has 1 atom stereocenters. The molecule has 0 aromatic heterocycles. The summed E-state index contributed by atoms with van der Waals surface area (Å²) in [6, 6.07) is 13.3. The second-order valence-corrected chi connectivity index (χ2v) is 6.98. The van der Waals surface area contributed by atoms with Crippen LogP contribution in [0.1, 0.15) is 32.1 Å². The van der Waals surface area contributed by atoms with E-state index in [0.29, 0.717) is 0 Å². The van der Waals surface area contributed by atoms with Crippen LogP contribution in [0, 0.1) is 0 Å². The van der Waals surface area contributed by atoms with Crippen molar-refractivity contribution in [2.45, 2.75) is 50.2 Å². The minimum Gasteiger partial charge on any atom is -0.371 e. The zero-order chi connectivity index (χ0) is 14.1. The van der Waals surface area contributed by atoms with Crippen molar-refractivity contribution in [2.24, 2.45) is 0 Å². The number of likely N-dealkylation sites (tertiary alicyclic amines) is 1. The van der Waals surface area contributed by atoms with Gasteiger partial charge >= 0.3 is 0 Å². The van der Waals surface area contributed by atoms with Gasteiger partial charge in [-0.05, 0) is 44.2 Å². The maximum Gasteiger partial charge on any atom is 0.0366 e. The molecule has 0 bridgehead atoms. The molecule has 3 nitrogen and oxygen atoms in total. The number of piperidine rings is 1. The van der Waals surface area contributed by atoms with Gasteiger partial charge in [0.15, 0.2) is 0 Å². The number of para-hydroxylation sites is 1. The maximum absolute atomic E-state index is 3.93. The summed E-state index contributed by atoms with van der Waals surface area (Å²) >= 11 is 0. The molecule has 0 amide bonds. The predicted molar refractivity (Wildman–Crippen MR) is 87.8 cm³/mol. The van der Waals surface area contributed by atoms with Gasteiger partial charge in [-0.3, -0.25) is 4.90 Å². The van der Waals surface area contributed by atoms with Crippen LogP contribution in [0.25, 0.3) is 0 Å². The van der Waals surface area contributed by atoms with E-state index in [-0.39, 0.29) is 0 Å². The average Bonchev–Trinajstić information content (AvgIpc) is 3.29. The highest BCUT2D eigenvalue weighted by Gasteiger charge is 2.35. The smallest absolute Gasteiger partial charge is 0.0366 e. The Hall–Kier alpha value is -1.06. The Morgan fingerprint density at radius 1 is 0.810 bits per heavy atom. The van der Waals surface area contributed by atoms with Crippen LogP contribution in [0.4, 0.5) is 5.69 Å². The zero-order valence-electron chi connectivity index (χ0n) is 12.9. The zero-order valence-corrected chi connectivity index (χ0v) is 12.9. The molecule has 2 heterocycles. The van der Waals surface area contributed by atoms with Crippen molar-refractivity contribution in [1.29, 1.82) is 0 Å². The summed E-state index contributed by atoms with van der Waals surface area (Å²) in [6.45, 7) is 5.01. The predicted octanol–water partition coefficient (Wildman–Crippen LogP) is 2.48. The number of anilines is 1. The number of nitrogens with one attached hydrogen (secondary N) is 1. The van der Waals surface area contributed by atoms with Gasteiger partial charge in [0, 0.05) is 50.0 Å². The van der Waals surface area contributed by atoms with Crippen molar-refractivity contribution in [1.82, 2.24) is 10.2 Å². The van der Waals surface area contributed by atoms with Gasteiger partial charge in [0.05, 0.1) is 0 Å². The van der Waals surface area contributed by atoms with Gasteiger partial charge < -0.3 is 10.2 Å². The molecule has 1 aliphatic carbocycles. The van der Waals surface area contributed by atoms with Crippen LogP contribution >= 0.6 is 0 Å². The number of hydrogen-bond donors (Lipinski definition) is 1. The van der Waals surface area contributed by atoms with Gasteiger partial charge in [-0.1, -0.05) is 18.2 Å². The Morgan fingerprint density at radius 3 is 2.24 bits per heavy atom. The topological polar surface area (TPSA) is 18.5 Å². The van der Waals surface area contributed by atoms with Gasteiger partial charge in [-0.25, -0.2) is 0 Å². The van der Waals surface area contributed by atoms with E-state index in [1.165, 1.54) is 64.0 Å². The Labute approximate surface area is 128 Å². The highest BCUT2D eigenvalue weighted by molar-refractivity contribution is 5.46. The van der Waals surface area contributed by atoms with Crippen molar-refractivity contribution in [3.05, 3.63) is 30.3 Å². The summed E-state index contributed by atoms with van der Waals surface area (Å²) in [5.41, 5.74) is 1.39. The number of benzene rings is 1. The minimum absolute atomic E-state index is 0.731. The van der Waals surface area contributed by atoms with E-state index >= 15 is 0 Å². The molecule has 3 heteroatoms. The van der Waals surface area contributed by atoms with Crippen LogP contribution in [-0.2, 0) is 0 Å². The van der Waals surface area contributed by atoms with Gasteiger partial charge in [-0.2, -0.15) is 0 Å². The standard InChI is InChI=1S/C18H27N3/c1-2-4-17(5-3-1)20-11-8-15(9-12-20)19-16-10-13-21(14-16)18-6-7-18/h1-5,15-16,18-19H,6-14H2. The monoisotopic (exact) mass is 285 g/mol. The molecule has 1 unspecified atom stereocenters. The summed E-state index contributed by atoms with van der Waals surface area (Å²) in [6.07, 6.45) is 6.82. The molecule has 2 saturated heterocycles. The molecule has 3 fully saturated rings.